The summed E-state index contributed by atoms with van der Waals surface area (Å²) in [6, 6.07) is 6.33. The molecule has 2 rings (SSSR count). The van der Waals surface area contributed by atoms with Gasteiger partial charge in [-0.1, -0.05) is 19.9 Å². The Bertz CT molecular complexity index is 715. The highest BCUT2D eigenvalue weighted by Crippen LogP contribution is 2.29. The molecule has 0 heterocycles. The Kier molecular flexibility index (Phi) is 9.13. The topological polar surface area (TPSA) is 22.1 Å². The van der Waals surface area contributed by atoms with Crippen LogP contribution in [0.4, 0.5) is 11.4 Å². The second kappa shape index (κ2) is 11.3. The number of thiol groups is 1. The number of hydrogen-bond donors (Lipinski definition) is 1. The molecule has 1 aliphatic rings. The molecule has 0 saturated heterocycles. The smallest absolute Gasteiger partial charge is 0.0767 e. The Hall–Kier alpha value is -1.72. The fraction of sp³-hybridized carbons (Fsp3) is 0.522. The molecule has 0 spiro atoms. The van der Waals surface area contributed by atoms with Crippen LogP contribution in [0.2, 0.25) is 0 Å². The van der Waals surface area contributed by atoms with Gasteiger partial charge in [0, 0.05) is 61.6 Å². The zero-order chi connectivity index (χ0) is 20.5. The molecule has 28 heavy (non-hydrogen) atoms. The Morgan fingerprint density at radius 2 is 1.68 bits per heavy atom. The van der Waals surface area contributed by atoms with E-state index in [1.807, 2.05) is 0 Å². The molecule has 0 N–H and O–H groups in total. The molecule has 0 unspecified atom stereocenters. The Labute approximate surface area is 177 Å². The summed E-state index contributed by atoms with van der Waals surface area (Å²) in [6.07, 6.45) is 7.43. The first-order valence-electron chi connectivity index (χ1n) is 10.5. The average Bonchev–Trinajstić information content (AvgIpc) is 2.72. The predicted octanol–water partition coefficient (Wildman–Crippen LogP) is 5.01. The van der Waals surface area contributed by atoms with E-state index in [9.17, 15) is 0 Å². The zero-order valence-corrected chi connectivity index (χ0v) is 19.0. The van der Waals surface area contributed by atoms with Gasteiger partial charge >= 0.3 is 0 Å². The molecule has 0 saturated carbocycles. The van der Waals surface area contributed by atoms with Crippen LogP contribution < -0.4 is 4.90 Å². The highest BCUT2D eigenvalue weighted by atomic mass is 32.1. The van der Waals surface area contributed by atoms with Gasteiger partial charge in [-0.3, -0.25) is 4.99 Å². The number of allylic oxidation sites excluding steroid dienone is 3. The van der Waals surface area contributed by atoms with Crippen LogP contribution in [0, 0.1) is 0 Å². The van der Waals surface area contributed by atoms with E-state index in [4.69, 9.17) is 4.99 Å². The number of hydrogen-bond acceptors (Lipinski definition) is 5. The van der Waals surface area contributed by atoms with E-state index in [1.165, 1.54) is 11.4 Å². The molecule has 0 amide bonds. The summed E-state index contributed by atoms with van der Waals surface area (Å²) in [5.74, 6) is 0. The van der Waals surface area contributed by atoms with Crippen molar-refractivity contribution in [1.29, 1.82) is 0 Å². The van der Waals surface area contributed by atoms with Gasteiger partial charge in [-0.25, -0.2) is 0 Å². The molecule has 5 heteroatoms. The fourth-order valence-electron chi connectivity index (χ4n) is 3.40. The van der Waals surface area contributed by atoms with Crippen molar-refractivity contribution in [1.82, 2.24) is 9.80 Å². The average molecular weight is 401 g/mol. The number of rotatable bonds is 10. The largest absolute Gasteiger partial charge is 0.374 e. The van der Waals surface area contributed by atoms with Crippen LogP contribution in [-0.2, 0) is 0 Å². The minimum atomic E-state index is 0.854. The maximum absolute atomic E-state index is 4.83. The van der Waals surface area contributed by atoms with Crippen LogP contribution >= 0.6 is 12.6 Å². The van der Waals surface area contributed by atoms with E-state index in [-0.39, 0.29) is 0 Å². The highest BCUT2D eigenvalue weighted by molar-refractivity contribution is 7.80. The van der Waals surface area contributed by atoms with Crippen LogP contribution in [0.5, 0.6) is 0 Å². The number of likely N-dealkylation sites (N-methyl/N-ethyl adjacent to an activating group) is 2. The van der Waals surface area contributed by atoms with Crippen molar-refractivity contribution in [2.75, 3.05) is 51.2 Å². The van der Waals surface area contributed by atoms with Gasteiger partial charge in [-0.2, -0.15) is 0 Å². The number of benzene rings is 1. The van der Waals surface area contributed by atoms with Gasteiger partial charge in [0.1, 0.15) is 0 Å². The summed E-state index contributed by atoms with van der Waals surface area (Å²) < 4.78 is 0. The molecule has 1 aliphatic carbocycles. The Morgan fingerprint density at radius 3 is 2.21 bits per heavy atom. The third-order valence-electron chi connectivity index (χ3n) is 5.41. The lowest BCUT2D eigenvalue weighted by atomic mass is 10.1. The molecular formula is C23H36N4S. The molecule has 0 aromatic heterocycles. The summed E-state index contributed by atoms with van der Waals surface area (Å²) in [5.41, 5.74) is 4.49. The second-order valence-corrected chi connectivity index (χ2v) is 7.55. The molecule has 1 aromatic rings. The molecule has 4 nitrogen and oxygen atoms in total. The van der Waals surface area contributed by atoms with Crippen molar-refractivity contribution < 1.29 is 0 Å². The zero-order valence-electron chi connectivity index (χ0n) is 18.1. The van der Waals surface area contributed by atoms with Gasteiger partial charge < -0.3 is 14.7 Å². The lowest BCUT2D eigenvalue weighted by Gasteiger charge is -2.26. The summed E-state index contributed by atoms with van der Waals surface area (Å²) in [7, 11) is 2.17. The summed E-state index contributed by atoms with van der Waals surface area (Å²) >= 11 is 4.67. The summed E-state index contributed by atoms with van der Waals surface area (Å²) in [6.45, 7) is 15.1. The maximum Gasteiger partial charge on any atom is 0.0767 e. The van der Waals surface area contributed by atoms with Gasteiger partial charge in [0.25, 0.3) is 0 Å². The molecule has 154 valence electrons. The van der Waals surface area contributed by atoms with Crippen molar-refractivity contribution in [3.05, 3.63) is 42.1 Å². The fourth-order valence-corrected chi connectivity index (χ4v) is 3.66. The van der Waals surface area contributed by atoms with E-state index >= 15 is 0 Å². The van der Waals surface area contributed by atoms with Gasteiger partial charge in [0.15, 0.2) is 0 Å². The van der Waals surface area contributed by atoms with Crippen LogP contribution in [0.3, 0.4) is 0 Å². The number of aliphatic imine (C=N–C) groups is 1. The van der Waals surface area contributed by atoms with Crippen molar-refractivity contribution in [3.63, 3.8) is 0 Å². The normalized spacial score (nSPS) is 15.2. The van der Waals surface area contributed by atoms with Crippen LogP contribution in [0.15, 0.2) is 52.0 Å². The number of anilines is 1. The highest BCUT2D eigenvalue weighted by Gasteiger charge is 2.10. The van der Waals surface area contributed by atoms with Crippen LogP contribution in [0.1, 0.15) is 34.1 Å². The summed E-state index contributed by atoms with van der Waals surface area (Å²) in [5, 5.41) is 0. The third kappa shape index (κ3) is 6.14. The van der Waals surface area contributed by atoms with Crippen molar-refractivity contribution in [2.24, 2.45) is 4.99 Å². The third-order valence-corrected chi connectivity index (χ3v) is 5.76. The monoisotopic (exact) mass is 400 g/mol. The van der Waals surface area contributed by atoms with Gasteiger partial charge in [0.05, 0.1) is 5.69 Å². The molecule has 0 aliphatic heterocycles. The van der Waals surface area contributed by atoms with Gasteiger partial charge in [0.2, 0.25) is 0 Å². The molecule has 0 atom stereocenters. The molecule has 0 bridgehead atoms. The molecular weight excluding hydrogens is 364 g/mol. The first-order valence-corrected chi connectivity index (χ1v) is 10.9. The lowest BCUT2D eigenvalue weighted by molar-refractivity contribution is 0.267. The molecule has 1 aromatic carbocycles. The van der Waals surface area contributed by atoms with E-state index in [0.717, 1.165) is 62.0 Å². The standard InChI is InChI=1S/C23H36N4S/c1-6-26(7-2)17-16-25(5)20-12-10-19(11-13-20)24-22-15-14-21(18-23(22)28)27(8-3)9-4/h10,12-15,18,28H,6-9,11,16-17H2,1-5H3. The van der Waals surface area contributed by atoms with E-state index in [2.05, 4.69) is 98.5 Å². The molecule has 0 fully saturated rings. The maximum atomic E-state index is 4.83. The quantitative estimate of drug-likeness (QED) is 0.558. The minimum Gasteiger partial charge on any atom is -0.374 e. The van der Waals surface area contributed by atoms with E-state index in [1.54, 1.807) is 0 Å². The predicted molar refractivity (Wildman–Crippen MR) is 127 cm³/mol. The first kappa shape index (κ1) is 22.6. The van der Waals surface area contributed by atoms with Crippen LogP contribution in [-0.4, -0.2) is 61.8 Å². The summed E-state index contributed by atoms with van der Waals surface area (Å²) in [4.78, 5) is 12.9. The second-order valence-electron chi connectivity index (χ2n) is 7.06. The number of nitrogens with zero attached hydrogens (tertiary/aromatic N) is 4. The van der Waals surface area contributed by atoms with Crippen molar-refractivity contribution in [3.8, 4) is 0 Å². The SMILES string of the molecule is CCN(CC)CCN(C)C1=CCC(=Nc2ccc(N(CC)CC)cc2S)C=C1. The van der Waals surface area contributed by atoms with Gasteiger partial charge in [-0.05, 0) is 57.3 Å². The van der Waals surface area contributed by atoms with Crippen molar-refractivity contribution >= 4 is 29.7 Å². The van der Waals surface area contributed by atoms with Crippen molar-refractivity contribution in [2.45, 2.75) is 39.0 Å². The molecule has 0 radical (unpaired) electrons. The minimum absolute atomic E-state index is 0.854. The van der Waals surface area contributed by atoms with Crippen LogP contribution in [0.25, 0.3) is 0 Å². The van der Waals surface area contributed by atoms with E-state index < -0.39 is 0 Å². The first-order chi connectivity index (χ1) is 13.5. The lowest BCUT2D eigenvalue weighted by Crippen LogP contribution is -2.32. The Balaban J connectivity index is 2.00. The van der Waals surface area contributed by atoms with Gasteiger partial charge in [-0.15, -0.1) is 12.6 Å². The Morgan fingerprint density at radius 1 is 0.964 bits per heavy atom. The van der Waals surface area contributed by atoms with E-state index in [0.29, 0.717) is 0 Å².